The van der Waals surface area contributed by atoms with Gasteiger partial charge in [-0.25, -0.2) is 4.79 Å². The van der Waals surface area contributed by atoms with Gasteiger partial charge in [0.05, 0.1) is 6.54 Å². The fourth-order valence-corrected chi connectivity index (χ4v) is 5.16. The molecular formula is C28H33N7O2S. The van der Waals surface area contributed by atoms with E-state index in [1.54, 1.807) is 7.05 Å². The molecule has 2 aromatic carbocycles. The van der Waals surface area contributed by atoms with Crippen LogP contribution in [0.5, 0.6) is 0 Å². The molecule has 4 aromatic rings. The largest absolute Gasteiger partial charge is 0.345 e. The first-order valence-electron chi connectivity index (χ1n) is 12.9. The van der Waals surface area contributed by atoms with E-state index in [2.05, 4.69) is 53.2 Å². The topological polar surface area (TPSA) is 80.3 Å². The molecule has 38 heavy (non-hydrogen) atoms. The summed E-state index contributed by atoms with van der Waals surface area (Å²) in [6.45, 7) is 7.62. The van der Waals surface area contributed by atoms with Crippen LogP contribution in [-0.4, -0.2) is 54.9 Å². The molecule has 9 nitrogen and oxygen atoms in total. The van der Waals surface area contributed by atoms with Crippen LogP contribution in [0.1, 0.15) is 30.9 Å². The second kappa shape index (κ2) is 10.4. The first-order valence-corrected chi connectivity index (χ1v) is 13.3. The first-order chi connectivity index (χ1) is 18.2. The Morgan fingerprint density at radius 2 is 1.61 bits per heavy atom. The number of nitrogens with one attached hydrogen (secondary N) is 1. The molecular weight excluding hydrogens is 498 g/mol. The number of anilines is 2. The van der Waals surface area contributed by atoms with Gasteiger partial charge in [0, 0.05) is 46.0 Å². The smallest absolute Gasteiger partial charge is 0.332 e. The van der Waals surface area contributed by atoms with Gasteiger partial charge in [-0.1, -0.05) is 56.3 Å². The highest BCUT2D eigenvalue weighted by Gasteiger charge is 2.26. The standard InChI is InChI=1S/C28H33N7O2S/c1-19(2)21-10-12-22(13-11-21)29-27(38)34-16-14-33(15-17-34)26-30-24-23(25(36)32(4)28(37)31(24)3)35(26)18-20-8-6-5-7-9-20/h5-13,19H,14-18H2,1-4H3,(H,29,38). The fourth-order valence-electron chi connectivity index (χ4n) is 4.86. The minimum Gasteiger partial charge on any atom is -0.345 e. The Balaban J connectivity index is 1.39. The monoisotopic (exact) mass is 531 g/mol. The molecule has 198 valence electrons. The highest BCUT2D eigenvalue weighted by molar-refractivity contribution is 7.80. The van der Waals surface area contributed by atoms with E-state index in [9.17, 15) is 9.59 Å². The number of aryl methyl sites for hydroxylation is 1. The number of rotatable bonds is 5. The van der Waals surface area contributed by atoms with Crippen molar-refractivity contribution in [3.05, 3.63) is 86.6 Å². The fraction of sp³-hybridized carbons (Fsp3) is 0.357. The second-order valence-electron chi connectivity index (χ2n) is 10.0. The average molecular weight is 532 g/mol. The summed E-state index contributed by atoms with van der Waals surface area (Å²) in [5.74, 6) is 1.17. The molecule has 3 heterocycles. The van der Waals surface area contributed by atoms with Crippen LogP contribution in [0.15, 0.2) is 64.2 Å². The van der Waals surface area contributed by atoms with E-state index in [4.69, 9.17) is 17.2 Å². The van der Waals surface area contributed by atoms with Crippen molar-refractivity contribution in [2.24, 2.45) is 14.1 Å². The SMILES string of the molecule is CC(C)c1ccc(NC(=S)N2CCN(c3nc4c(c(=O)n(C)c(=O)n4C)n3Cc3ccccc3)CC2)cc1. The Kier molecular flexibility index (Phi) is 7.07. The first kappa shape index (κ1) is 25.7. The van der Waals surface area contributed by atoms with E-state index in [0.29, 0.717) is 60.9 Å². The molecule has 0 radical (unpaired) electrons. The Labute approximate surface area is 226 Å². The van der Waals surface area contributed by atoms with Crippen LogP contribution in [0.3, 0.4) is 0 Å². The number of aromatic nitrogens is 4. The maximum Gasteiger partial charge on any atom is 0.332 e. The molecule has 0 spiro atoms. The maximum absolute atomic E-state index is 13.2. The molecule has 1 saturated heterocycles. The van der Waals surface area contributed by atoms with E-state index in [1.807, 2.05) is 34.9 Å². The minimum absolute atomic E-state index is 0.342. The quantitative estimate of drug-likeness (QED) is 0.397. The summed E-state index contributed by atoms with van der Waals surface area (Å²) in [7, 11) is 3.16. The van der Waals surface area contributed by atoms with Gasteiger partial charge in [0.15, 0.2) is 16.3 Å². The number of piperazine rings is 1. The number of hydrogen-bond acceptors (Lipinski definition) is 5. The van der Waals surface area contributed by atoms with E-state index >= 15 is 0 Å². The minimum atomic E-state index is -0.388. The van der Waals surface area contributed by atoms with Gasteiger partial charge in [0.2, 0.25) is 5.95 Å². The van der Waals surface area contributed by atoms with Crippen LogP contribution in [-0.2, 0) is 20.6 Å². The van der Waals surface area contributed by atoms with E-state index in [1.165, 1.54) is 17.2 Å². The van der Waals surface area contributed by atoms with Gasteiger partial charge in [0.25, 0.3) is 5.56 Å². The molecule has 0 amide bonds. The molecule has 1 aliphatic rings. The lowest BCUT2D eigenvalue weighted by Gasteiger charge is -2.36. The molecule has 0 saturated carbocycles. The molecule has 0 bridgehead atoms. The van der Waals surface area contributed by atoms with Crippen molar-refractivity contribution in [1.82, 2.24) is 23.6 Å². The molecule has 5 rings (SSSR count). The Hall–Kier alpha value is -3.92. The van der Waals surface area contributed by atoms with Crippen molar-refractivity contribution in [2.45, 2.75) is 26.3 Å². The summed E-state index contributed by atoms with van der Waals surface area (Å²) < 4.78 is 4.53. The van der Waals surface area contributed by atoms with Crippen LogP contribution in [0.2, 0.25) is 0 Å². The maximum atomic E-state index is 13.2. The number of thiocarbonyl (C=S) groups is 1. The Bertz CT molecular complexity index is 1580. The van der Waals surface area contributed by atoms with E-state index in [0.717, 1.165) is 15.8 Å². The summed E-state index contributed by atoms with van der Waals surface area (Å²) in [4.78, 5) is 35.0. The molecule has 0 atom stereocenters. The van der Waals surface area contributed by atoms with Crippen molar-refractivity contribution in [3.63, 3.8) is 0 Å². The average Bonchev–Trinajstić information content (AvgIpc) is 3.30. The second-order valence-corrected chi connectivity index (χ2v) is 10.4. The van der Waals surface area contributed by atoms with Crippen molar-refractivity contribution in [2.75, 3.05) is 36.4 Å². The van der Waals surface area contributed by atoms with Gasteiger partial charge in [-0.3, -0.25) is 18.5 Å². The highest BCUT2D eigenvalue weighted by atomic mass is 32.1. The van der Waals surface area contributed by atoms with Gasteiger partial charge in [-0.2, -0.15) is 4.98 Å². The van der Waals surface area contributed by atoms with Gasteiger partial charge >= 0.3 is 5.69 Å². The Morgan fingerprint density at radius 3 is 2.24 bits per heavy atom. The number of benzene rings is 2. The van der Waals surface area contributed by atoms with Gasteiger partial charge in [-0.15, -0.1) is 0 Å². The van der Waals surface area contributed by atoms with Crippen LogP contribution in [0.4, 0.5) is 11.6 Å². The van der Waals surface area contributed by atoms with Gasteiger partial charge in [-0.05, 0) is 41.4 Å². The third-order valence-electron chi connectivity index (χ3n) is 7.19. The number of fused-ring (bicyclic) bond motifs is 1. The van der Waals surface area contributed by atoms with Crippen molar-refractivity contribution < 1.29 is 0 Å². The van der Waals surface area contributed by atoms with Crippen molar-refractivity contribution >= 4 is 40.1 Å². The highest BCUT2D eigenvalue weighted by Crippen LogP contribution is 2.23. The summed E-state index contributed by atoms with van der Waals surface area (Å²) in [6.07, 6.45) is 0. The van der Waals surface area contributed by atoms with Crippen LogP contribution < -0.4 is 21.5 Å². The zero-order valence-electron chi connectivity index (χ0n) is 22.2. The van der Waals surface area contributed by atoms with Gasteiger partial charge in [0.1, 0.15) is 0 Å². The van der Waals surface area contributed by atoms with Crippen LogP contribution >= 0.6 is 12.2 Å². The lowest BCUT2D eigenvalue weighted by molar-refractivity contribution is 0.386. The van der Waals surface area contributed by atoms with Crippen molar-refractivity contribution in [3.8, 4) is 0 Å². The lowest BCUT2D eigenvalue weighted by Crippen LogP contribution is -2.50. The molecule has 2 aromatic heterocycles. The number of hydrogen-bond donors (Lipinski definition) is 1. The molecule has 1 N–H and O–H groups in total. The molecule has 1 fully saturated rings. The third kappa shape index (κ3) is 4.83. The Morgan fingerprint density at radius 1 is 0.947 bits per heavy atom. The van der Waals surface area contributed by atoms with Crippen molar-refractivity contribution in [1.29, 1.82) is 0 Å². The number of imidazole rings is 1. The summed E-state index contributed by atoms with van der Waals surface area (Å²) in [5.41, 5.74) is 3.42. The molecule has 1 aliphatic heterocycles. The van der Waals surface area contributed by atoms with Crippen LogP contribution in [0.25, 0.3) is 11.2 Å². The van der Waals surface area contributed by atoms with Crippen LogP contribution in [0, 0.1) is 0 Å². The lowest BCUT2D eigenvalue weighted by atomic mass is 10.0. The predicted octanol–water partition coefficient (Wildman–Crippen LogP) is 3.12. The summed E-state index contributed by atoms with van der Waals surface area (Å²) in [5, 5.41) is 4.05. The van der Waals surface area contributed by atoms with E-state index in [-0.39, 0.29) is 11.2 Å². The summed E-state index contributed by atoms with van der Waals surface area (Å²) in [6, 6.07) is 18.4. The third-order valence-corrected chi connectivity index (χ3v) is 7.55. The zero-order valence-corrected chi connectivity index (χ0v) is 23.0. The normalized spacial score (nSPS) is 13.9. The van der Waals surface area contributed by atoms with Gasteiger partial charge < -0.3 is 15.1 Å². The number of nitrogens with zero attached hydrogens (tertiary/aromatic N) is 6. The molecule has 0 aliphatic carbocycles. The van der Waals surface area contributed by atoms with E-state index < -0.39 is 0 Å². The zero-order chi connectivity index (χ0) is 27.0. The predicted molar refractivity (Wildman–Crippen MR) is 156 cm³/mol. The molecule has 10 heteroatoms. The summed E-state index contributed by atoms with van der Waals surface area (Å²) >= 11 is 5.72. The molecule has 0 unspecified atom stereocenters.